The SMILES string of the molecule is COC1=CC(c2ccccc2)C(=S)C(C2CCc3ccccc3C2=O)=C1. The van der Waals surface area contributed by atoms with Crippen molar-refractivity contribution in [1.29, 1.82) is 0 Å². The standard InChI is InChI=1S/C23H20O2S/c1-25-17-13-20(15-7-3-2-4-8-15)23(26)21(14-17)19-12-11-16-9-5-6-10-18(16)22(19)24/h2-10,13-14,19-20H,11-12H2,1H3. The first kappa shape index (κ1) is 16.9. The molecule has 0 saturated carbocycles. The maximum absolute atomic E-state index is 13.1. The van der Waals surface area contributed by atoms with Crippen molar-refractivity contribution in [2.24, 2.45) is 5.92 Å². The first-order valence-corrected chi connectivity index (χ1v) is 9.28. The highest BCUT2D eigenvalue weighted by atomic mass is 32.1. The van der Waals surface area contributed by atoms with Crippen molar-refractivity contribution in [3.63, 3.8) is 0 Å². The maximum Gasteiger partial charge on any atom is 0.170 e. The Morgan fingerprint density at radius 3 is 2.54 bits per heavy atom. The molecule has 2 aliphatic carbocycles. The minimum atomic E-state index is -0.192. The molecule has 2 aromatic carbocycles. The Kier molecular flexibility index (Phi) is 4.56. The molecule has 2 atom stereocenters. The fourth-order valence-electron chi connectivity index (χ4n) is 3.89. The molecule has 0 fully saturated rings. The lowest BCUT2D eigenvalue weighted by atomic mass is 9.74. The van der Waals surface area contributed by atoms with Gasteiger partial charge in [0.25, 0.3) is 0 Å². The number of carbonyl (C=O) groups excluding carboxylic acids is 1. The maximum atomic E-state index is 13.1. The number of aryl methyl sites for hydroxylation is 1. The molecular weight excluding hydrogens is 340 g/mol. The van der Waals surface area contributed by atoms with Gasteiger partial charge in [-0.2, -0.15) is 0 Å². The lowest BCUT2D eigenvalue weighted by Gasteiger charge is -2.30. The second-order valence-corrected chi connectivity index (χ2v) is 7.18. The molecule has 2 aliphatic rings. The van der Waals surface area contributed by atoms with Crippen molar-refractivity contribution in [3.05, 3.63) is 94.8 Å². The molecule has 0 saturated heterocycles. The van der Waals surface area contributed by atoms with E-state index in [0.29, 0.717) is 0 Å². The lowest BCUT2D eigenvalue weighted by Crippen LogP contribution is -2.30. The monoisotopic (exact) mass is 360 g/mol. The number of carbonyl (C=O) groups is 1. The van der Waals surface area contributed by atoms with Crippen LogP contribution in [0, 0.1) is 5.92 Å². The summed E-state index contributed by atoms with van der Waals surface area (Å²) in [6.07, 6.45) is 5.69. The van der Waals surface area contributed by atoms with Crippen molar-refractivity contribution in [3.8, 4) is 0 Å². The molecule has 0 aliphatic heterocycles. The van der Waals surface area contributed by atoms with E-state index >= 15 is 0 Å². The van der Waals surface area contributed by atoms with Gasteiger partial charge in [-0.3, -0.25) is 4.79 Å². The van der Waals surface area contributed by atoms with Gasteiger partial charge in [-0.15, -0.1) is 0 Å². The summed E-state index contributed by atoms with van der Waals surface area (Å²) in [5, 5.41) is 0. The fourth-order valence-corrected chi connectivity index (χ4v) is 4.30. The van der Waals surface area contributed by atoms with E-state index in [9.17, 15) is 4.79 Å². The van der Waals surface area contributed by atoms with Gasteiger partial charge in [-0.05, 0) is 41.7 Å². The molecule has 130 valence electrons. The molecule has 2 nitrogen and oxygen atoms in total. The average Bonchev–Trinajstić information content (AvgIpc) is 2.70. The van der Waals surface area contributed by atoms with Crippen LogP contribution in [0.4, 0.5) is 0 Å². The van der Waals surface area contributed by atoms with Crippen molar-refractivity contribution < 1.29 is 9.53 Å². The van der Waals surface area contributed by atoms with Gasteiger partial charge in [0.15, 0.2) is 5.78 Å². The number of methoxy groups -OCH3 is 1. The average molecular weight is 360 g/mol. The molecule has 0 aromatic heterocycles. The zero-order valence-electron chi connectivity index (χ0n) is 14.6. The zero-order valence-corrected chi connectivity index (χ0v) is 15.5. The number of rotatable bonds is 3. The lowest BCUT2D eigenvalue weighted by molar-refractivity contribution is 0.0927. The Morgan fingerprint density at radius 2 is 1.77 bits per heavy atom. The van der Waals surface area contributed by atoms with Crippen LogP contribution in [0.2, 0.25) is 0 Å². The van der Waals surface area contributed by atoms with E-state index in [1.165, 1.54) is 0 Å². The summed E-state index contributed by atoms with van der Waals surface area (Å²) in [4.78, 5) is 14.0. The molecule has 26 heavy (non-hydrogen) atoms. The molecule has 0 heterocycles. The molecule has 2 unspecified atom stereocenters. The smallest absolute Gasteiger partial charge is 0.170 e. The number of fused-ring (bicyclic) bond motifs is 1. The first-order chi connectivity index (χ1) is 12.7. The van der Waals surface area contributed by atoms with Crippen LogP contribution in [0.25, 0.3) is 0 Å². The fraction of sp³-hybridized carbons (Fsp3) is 0.217. The second-order valence-electron chi connectivity index (χ2n) is 6.74. The Bertz CT molecular complexity index is 924. The highest BCUT2D eigenvalue weighted by molar-refractivity contribution is 7.81. The van der Waals surface area contributed by atoms with Gasteiger partial charge < -0.3 is 4.74 Å². The van der Waals surface area contributed by atoms with E-state index in [0.717, 1.165) is 45.7 Å². The third-order valence-electron chi connectivity index (χ3n) is 5.27. The van der Waals surface area contributed by atoms with E-state index in [-0.39, 0.29) is 17.6 Å². The highest BCUT2D eigenvalue weighted by Gasteiger charge is 2.35. The van der Waals surface area contributed by atoms with Gasteiger partial charge in [0.1, 0.15) is 5.76 Å². The predicted molar refractivity (Wildman–Crippen MR) is 108 cm³/mol. The number of Topliss-reactive ketones (excluding diaryl/α,β-unsaturated/α-hetero) is 1. The molecule has 0 radical (unpaired) electrons. The minimum absolute atomic E-state index is 0.0360. The minimum Gasteiger partial charge on any atom is -0.497 e. The summed E-state index contributed by atoms with van der Waals surface area (Å²) in [6.45, 7) is 0. The largest absolute Gasteiger partial charge is 0.497 e. The van der Waals surface area contributed by atoms with Gasteiger partial charge in [0.05, 0.1) is 7.11 Å². The zero-order chi connectivity index (χ0) is 18.1. The number of thiocarbonyl (C=S) groups is 1. The summed E-state index contributed by atoms with van der Waals surface area (Å²) >= 11 is 5.84. The molecule has 0 spiro atoms. The van der Waals surface area contributed by atoms with Gasteiger partial charge in [0.2, 0.25) is 0 Å². The van der Waals surface area contributed by atoms with Crippen LogP contribution in [0.15, 0.2) is 78.1 Å². The number of benzene rings is 2. The Hall–Kier alpha value is -2.52. The van der Waals surface area contributed by atoms with Crippen LogP contribution in [0.1, 0.15) is 33.8 Å². The molecule has 0 N–H and O–H groups in total. The summed E-state index contributed by atoms with van der Waals surface area (Å²) in [6, 6.07) is 18.1. The van der Waals surface area contributed by atoms with E-state index in [1.807, 2.05) is 54.6 Å². The van der Waals surface area contributed by atoms with Crippen molar-refractivity contribution in [2.45, 2.75) is 18.8 Å². The number of hydrogen-bond donors (Lipinski definition) is 0. The highest BCUT2D eigenvalue weighted by Crippen LogP contribution is 2.38. The number of allylic oxidation sites excluding steroid dienone is 3. The van der Waals surface area contributed by atoms with Crippen molar-refractivity contribution in [1.82, 2.24) is 0 Å². The van der Waals surface area contributed by atoms with E-state index in [2.05, 4.69) is 12.1 Å². The number of hydrogen-bond acceptors (Lipinski definition) is 3. The Morgan fingerprint density at radius 1 is 1.04 bits per heavy atom. The summed E-state index contributed by atoms with van der Waals surface area (Å²) in [7, 11) is 1.66. The summed E-state index contributed by atoms with van der Waals surface area (Å²) in [5.41, 5.74) is 4.03. The third kappa shape index (κ3) is 2.93. The number of ether oxygens (including phenoxy) is 1. The van der Waals surface area contributed by atoms with Crippen LogP contribution in [-0.4, -0.2) is 17.8 Å². The van der Waals surface area contributed by atoms with Crippen LogP contribution in [0.3, 0.4) is 0 Å². The molecule has 3 heteroatoms. The molecule has 2 aromatic rings. The second kappa shape index (κ2) is 7.00. The van der Waals surface area contributed by atoms with Crippen LogP contribution >= 0.6 is 12.2 Å². The Balaban J connectivity index is 1.72. The van der Waals surface area contributed by atoms with Crippen molar-refractivity contribution >= 4 is 22.9 Å². The van der Waals surface area contributed by atoms with Crippen molar-refractivity contribution in [2.75, 3.05) is 7.11 Å². The molecular formula is C23H20O2S. The third-order valence-corrected chi connectivity index (χ3v) is 5.76. The topological polar surface area (TPSA) is 26.3 Å². The molecule has 4 rings (SSSR count). The van der Waals surface area contributed by atoms with Crippen LogP contribution < -0.4 is 0 Å². The summed E-state index contributed by atoms with van der Waals surface area (Å²) in [5.74, 6) is 0.715. The van der Waals surface area contributed by atoms with Gasteiger partial charge in [-0.25, -0.2) is 0 Å². The normalized spacial score (nSPS) is 22.3. The van der Waals surface area contributed by atoms with E-state index in [4.69, 9.17) is 17.0 Å². The first-order valence-electron chi connectivity index (χ1n) is 8.87. The van der Waals surface area contributed by atoms with E-state index < -0.39 is 0 Å². The Labute approximate surface area is 159 Å². The number of ketones is 1. The van der Waals surface area contributed by atoms with E-state index in [1.54, 1.807) is 7.11 Å². The van der Waals surface area contributed by atoms with Crippen LogP contribution in [0.5, 0.6) is 0 Å². The molecule has 0 bridgehead atoms. The molecule has 0 amide bonds. The van der Waals surface area contributed by atoms with Gasteiger partial charge >= 0.3 is 0 Å². The van der Waals surface area contributed by atoms with Gasteiger partial charge in [-0.1, -0.05) is 66.8 Å². The van der Waals surface area contributed by atoms with Crippen LogP contribution in [-0.2, 0) is 11.2 Å². The van der Waals surface area contributed by atoms with Gasteiger partial charge in [0, 0.05) is 22.3 Å². The predicted octanol–water partition coefficient (Wildman–Crippen LogP) is 5.06. The summed E-state index contributed by atoms with van der Waals surface area (Å²) < 4.78 is 5.53. The quantitative estimate of drug-likeness (QED) is 0.716.